The third-order valence-corrected chi connectivity index (χ3v) is 4.02. The Morgan fingerprint density at radius 1 is 1.32 bits per heavy atom. The zero-order valence-corrected chi connectivity index (χ0v) is 15.5. The van der Waals surface area contributed by atoms with Gasteiger partial charge in [-0.15, -0.1) is 0 Å². The summed E-state index contributed by atoms with van der Waals surface area (Å²) < 4.78 is 10.2. The number of nitrogens with one attached hydrogen (secondary N) is 1. The van der Waals surface area contributed by atoms with Crippen LogP contribution in [-0.4, -0.2) is 48.8 Å². The van der Waals surface area contributed by atoms with E-state index in [0.717, 1.165) is 24.9 Å². The molecule has 6 heteroatoms. The lowest BCUT2D eigenvalue weighted by Gasteiger charge is -2.34. The molecule has 1 saturated heterocycles. The Morgan fingerprint density at radius 3 is 2.76 bits per heavy atom. The van der Waals surface area contributed by atoms with E-state index in [9.17, 15) is 9.59 Å². The van der Waals surface area contributed by atoms with Gasteiger partial charge in [-0.2, -0.15) is 0 Å². The highest BCUT2D eigenvalue weighted by molar-refractivity contribution is 5.89. The average molecular weight is 348 g/mol. The zero-order chi connectivity index (χ0) is 18.4. The molecule has 6 nitrogen and oxygen atoms in total. The third-order valence-electron chi connectivity index (χ3n) is 4.02. The van der Waals surface area contributed by atoms with Crippen LogP contribution in [0.2, 0.25) is 0 Å². The van der Waals surface area contributed by atoms with E-state index in [-0.39, 0.29) is 18.1 Å². The molecule has 0 aromatic heterocycles. The Kier molecular flexibility index (Phi) is 6.42. The Balaban J connectivity index is 1.88. The van der Waals surface area contributed by atoms with Crippen LogP contribution in [0.25, 0.3) is 0 Å². The number of methoxy groups -OCH3 is 1. The molecule has 1 aliphatic rings. The average Bonchev–Trinajstić information content (AvgIpc) is 2.58. The Labute approximate surface area is 149 Å². The van der Waals surface area contributed by atoms with Crippen molar-refractivity contribution in [3.63, 3.8) is 0 Å². The molecule has 0 aliphatic carbocycles. The number of amides is 1. The van der Waals surface area contributed by atoms with Crippen LogP contribution < -0.4 is 5.32 Å². The van der Waals surface area contributed by atoms with Crippen LogP contribution in [0.5, 0.6) is 0 Å². The molecule has 0 bridgehead atoms. The van der Waals surface area contributed by atoms with Crippen LogP contribution in [0, 0.1) is 0 Å². The van der Waals surface area contributed by atoms with Crippen molar-refractivity contribution in [2.24, 2.45) is 0 Å². The maximum absolute atomic E-state index is 12.2. The second-order valence-corrected chi connectivity index (χ2v) is 7.34. The number of esters is 1. The number of carbonyl (C=O) groups is 2. The first kappa shape index (κ1) is 19.2. The van der Waals surface area contributed by atoms with Crippen LogP contribution >= 0.6 is 0 Å². The largest absolute Gasteiger partial charge is 0.465 e. The number of benzene rings is 1. The van der Waals surface area contributed by atoms with Gasteiger partial charge in [0.2, 0.25) is 0 Å². The molecule has 2 rings (SSSR count). The van der Waals surface area contributed by atoms with E-state index in [0.29, 0.717) is 18.7 Å². The fourth-order valence-corrected chi connectivity index (χ4v) is 2.82. The molecule has 1 unspecified atom stereocenters. The minimum Gasteiger partial charge on any atom is -0.465 e. The van der Waals surface area contributed by atoms with Crippen LogP contribution in [-0.2, 0) is 16.0 Å². The highest BCUT2D eigenvalue weighted by Crippen LogP contribution is 2.16. The second kappa shape index (κ2) is 8.34. The summed E-state index contributed by atoms with van der Waals surface area (Å²) >= 11 is 0. The van der Waals surface area contributed by atoms with Gasteiger partial charge in [0, 0.05) is 25.7 Å². The predicted molar refractivity (Wildman–Crippen MR) is 95.5 cm³/mol. The zero-order valence-electron chi connectivity index (χ0n) is 15.5. The summed E-state index contributed by atoms with van der Waals surface area (Å²) in [5.74, 6) is -0.337. The number of piperidine rings is 1. The van der Waals surface area contributed by atoms with E-state index in [2.05, 4.69) is 5.32 Å². The quantitative estimate of drug-likeness (QED) is 0.847. The first-order valence-corrected chi connectivity index (χ1v) is 8.67. The fraction of sp³-hybridized carbons (Fsp3) is 0.579. The van der Waals surface area contributed by atoms with E-state index < -0.39 is 5.60 Å². The van der Waals surface area contributed by atoms with Crippen molar-refractivity contribution < 1.29 is 19.1 Å². The van der Waals surface area contributed by atoms with Gasteiger partial charge in [0.15, 0.2) is 0 Å². The number of hydrogen-bond donors (Lipinski definition) is 1. The van der Waals surface area contributed by atoms with E-state index in [1.807, 2.05) is 39.0 Å². The van der Waals surface area contributed by atoms with E-state index in [4.69, 9.17) is 9.47 Å². The summed E-state index contributed by atoms with van der Waals surface area (Å²) in [6.07, 6.45) is 1.70. The highest BCUT2D eigenvalue weighted by Gasteiger charge is 2.27. The SMILES string of the molecule is COC(=O)c1cccc(CNC2CCCN(C(=O)OC(C)(C)C)C2)c1. The van der Waals surface area contributed by atoms with Gasteiger partial charge in [0.1, 0.15) is 5.60 Å². The van der Waals surface area contributed by atoms with Crippen molar-refractivity contribution in [1.29, 1.82) is 0 Å². The normalized spacial score (nSPS) is 17.9. The molecule has 1 N–H and O–H groups in total. The monoisotopic (exact) mass is 348 g/mol. The Hall–Kier alpha value is -2.08. The number of hydrogen-bond acceptors (Lipinski definition) is 5. The lowest BCUT2D eigenvalue weighted by atomic mass is 10.1. The van der Waals surface area contributed by atoms with E-state index in [1.165, 1.54) is 7.11 Å². The van der Waals surface area contributed by atoms with Crippen molar-refractivity contribution in [2.75, 3.05) is 20.2 Å². The van der Waals surface area contributed by atoms with Crippen LogP contribution in [0.3, 0.4) is 0 Å². The molecule has 1 fully saturated rings. The van der Waals surface area contributed by atoms with Gasteiger partial charge < -0.3 is 19.7 Å². The smallest absolute Gasteiger partial charge is 0.410 e. The summed E-state index contributed by atoms with van der Waals surface area (Å²) in [6, 6.07) is 7.58. The minimum absolute atomic E-state index is 0.211. The molecule has 1 aromatic carbocycles. The second-order valence-electron chi connectivity index (χ2n) is 7.34. The maximum Gasteiger partial charge on any atom is 0.410 e. The van der Waals surface area contributed by atoms with Crippen LogP contribution in [0.1, 0.15) is 49.5 Å². The van der Waals surface area contributed by atoms with E-state index in [1.54, 1.807) is 11.0 Å². The van der Waals surface area contributed by atoms with Gasteiger partial charge in [0.25, 0.3) is 0 Å². The van der Waals surface area contributed by atoms with Gasteiger partial charge in [-0.1, -0.05) is 12.1 Å². The van der Waals surface area contributed by atoms with Gasteiger partial charge >= 0.3 is 12.1 Å². The standard InChI is InChI=1S/C19H28N2O4/c1-19(2,3)25-18(23)21-10-6-9-16(13-21)20-12-14-7-5-8-15(11-14)17(22)24-4/h5,7-8,11,16,20H,6,9-10,12-13H2,1-4H3. The minimum atomic E-state index is -0.480. The summed E-state index contributed by atoms with van der Waals surface area (Å²) in [7, 11) is 1.38. The molecule has 0 radical (unpaired) electrons. The van der Waals surface area contributed by atoms with Gasteiger partial charge in [0.05, 0.1) is 12.7 Å². The van der Waals surface area contributed by atoms with E-state index >= 15 is 0 Å². The summed E-state index contributed by atoms with van der Waals surface area (Å²) in [4.78, 5) is 25.6. The molecule has 0 spiro atoms. The predicted octanol–water partition coefficient (Wildman–Crippen LogP) is 2.96. The van der Waals surface area contributed by atoms with Gasteiger partial charge in [-0.05, 0) is 51.3 Å². The van der Waals surface area contributed by atoms with Crippen molar-refractivity contribution in [2.45, 2.75) is 51.8 Å². The summed E-state index contributed by atoms with van der Waals surface area (Å²) in [6.45, 7) is 7.62. The molecule has 1 amide bonds. The van der Waals surface area contributed by atoms with Gasteiger partial charge in [-0.25, -0.2) is 9.59 Å². The molecule has 1 aliphatic heterocycles. The highest BCUT2D eigenvalue weighted by atomic mass is 16.6. The number of likely N-dealkylation sites (tertiary alicyclic amines) is 1. The van der Waals surface area contributed by atoms with Crippen molar-refractivity contribution in [3.8, 4) is 0 Å². The Morgan fingerprint density at radius 2 is 2.08 bits per heavy atom. The summed E-state index contributed by atoms with van der Waals surface area (Å²) in [5, 5.41) is 3.47. The van der Waals surface area contributed by atoms with Gasteiger partial charge in [-0.3, -0.25) is 0 Å². The summed E-state index contributed by atoms with van der Waals surface area (Å²) in [5.41, 5.74) is 1.07. The molecular weight excluding hydrogens is 320 g/mol. The number of nitrogens with zero attached hydrogens (tertiary/aromatic N) is 1. The van der Waals surface area contributed by atoms with Crippen LogP contribution in [0.4, 0.5) is 4.79 Å². The topological polar surface area (TPSA) is 67.9 Å². The fourth-order valence-electron chi connectivity index (χ4n) is 2.82. The van der Waals surface area contributed by atoms with Crippen molar-refractivity contribution in [1.82, 2.24) is 10.2 Å². The first-order valence-electron chi connectivity index (χ1n) is 8.67. The molecule has 1 atom stereocenters. The van der Waals surface area contributed by atoms with Crippen molar-refractivity contribution >= 4 is 12.1 Å². The molecule has 1 aromatic rings. The lowest BCUT2D eigenvalue weighted by molar-refractivity contribution is 0.0187. The third kappa shape index (κ3) is 6.05. The number of carbonyl (C=O) groups excluding carboxylic acids is 2. The molecular formula is C19H28N2O4. The molecule has 0 saturated carbocycles. The molecule has 25 heavy (non-hydrogen) atoms. The molecule has 138 valence electrons. The number of rotatable bonds is 4. The lowest BCUT2D eigenvalue weighted by Crippen LogP contribution is -2.49. The van der Waals surface area contributed by atoms with Crippen LogP contribution in [0.15, 0.2) is 24.3 Å². The number of ether oxygens (including phenoxy) is 2. The Bertz CT molecular complexity index is 610. The van der Waals surface area contributed by atoms with Crippen molar-refractivity contribution in [3.05, 3.63) is 35.4 Å². The first-order chi connectivity index (χ1) is 11.8. The maximum atomic E-state index is 12.2. The molecule has 1 heterocycles.